The number of aromatic nitrogens is 1. The van der Waals surface area contributed by atoms with E-state index < -0.39 is 4.92 Å². The second-order valence-corrected chi connectivity index (χ2v) is 5.63. The second-order valence-electron chi connectivity index (χ2n) is 5.63. The van der Waals surface area contributed by atoms with E-state index in [9.17, 15) is 10.1 Å². The highest BCUT2D eigenvalue weighted by molar-refractivity contribution is 5.93. The van der Waals surface area contributed by atoms with E-state index in [0.29, 0.717) is 11.4 Å². The Kier molecular flexibility index (Phi) is 3.29. The molecule has 3 heterocycles. The van der Waals surface area contributed by atoms with Crippen molar-refractivity contribution in [1.82, 2.24) is 4.98 Å². The van der Waals surface area contributed by atoms with Gasteiger partial charge in [0.2, 0.25) is 11.9 Å². The SMILES string of the molecule is O=[N+]([O-])c1ccc(N2CCC(C3OC=CO3)CC2)c2ncoc12. The number of rotatable bonds is 3. The summed E-state index contributed by atoms with van der Waals surface area (Å²) in [6.45, 7) is 1.63. The fourth-order valence-corrected chi connectivity index (χ4v) is 3.21. The molecule has 1 aromatic carbocycles. The predicted molar refractivity (Wildman–Crippen MR) is 80.7 cm³/mol. The lowest BCUT2D eigenvalue weighted by Crippen LogP contribution is -2.38. The van der Waals surface area contributed by atoms with Gasteiger partial charge < -0.3 is 18.8 Å². The van der Waals surface area contributed by atoms with Crippen LogP contribution in [0.15, 0.2) is 35.5 Å². The number of ether oxygens (including phenoxy) is 2. The molecule has 0 atom stereocenters. The minimum atomic E-state index is -0.453. The molecule has 2 aromatic rings. The Bertz CT molecular complexity index is 756. The summed E-state index contributed by atoms with van der Waals surface area (Å²) in [7, 11) is 0. The summed E-state index contributed by atoms with van der Waals surface area (Å²) in [6.07, 6.45) is 6.05. The van der Waals surface area contributed by atoms with E-state index in [1.54, 1.807) is 18.6 Å². The van der Waals surface area contributed by atoms with Crippen LogP contribution in [0.4, 0.5) is 11.4 Å². The number of anilines is 1. The van der Waals surface area contributed by atoms with Gasteiger partial charge in [0.25, 0.3) is 0 Å². The van der Waals surface area contributed by atoms with Crippen LogP contribution in [0.2, 0.25) is 0 Å². The zero-order chi connectivity index (χ0) is 15.8. The monoisotopic (exact) mass is 317 g/mol. The number of fused-ring (bicyclic) bond motifs is 1. The minimum Gasteiger partial charge on any atom is -0.459 e. The molecular formula is C15H15N3O5. The molecule has 120 valence electrons. The number of hydrogen-bond acceptors (Lipinski definition) is 7. The average molecular weight is 317 g/mol. The van der Waals surface area contributed by atoms with E-state index >= 15 is 0 Å². The highest BCUT2D eigenvalue weighted by atomic mass is 16.7. The molecular weight excluding hydrogens is 302 g/mol. The largest absolute Gasteiger partial charge is 0.459 e. The molecule has 2 aliphatic heterocycles. The van der Waals surface area contributed by atoms with Crippen LogP contribution < -0.4 is 4.90 Å². The summed E-state index contributed by atoms with van der Waals surface area (Å²) in [5.41, 5.74) is 1.56. The Labute approximate surface area is 131 Å². The first kappa shape index (κ1) is 13.9. The number of nitrogens with zero attached hydrogens (tertiary/aromatic N) is 3. The lowest BCUT2D eigenvalue weighted by molar-refractivity contribution is -0.383. The van der Waals surface area contributed by atoms with Crippen molar-refractivity contribution in [2.24, 2.45) is 5.92 Å². The summed E-state index contributed by atoms with van der Waals surface area (Å²) >= 11 is 0. The fraction of sp³-hybridized carbons (Fsp3) is 0.400. The third-order valence-electron chi connectivity index (χ3n) is 4.38. The van der Waals surface area contributed by atoms with Crippen molar-refractivity contribution in [2.45, 2.75) is 19.1 Å². The van der Waals surface area contributed by atoms with Gasteiger partial charge in [0.1, 0.15) is 18.0 Å². The first-order chi connectivity index (χ1) is 11.2. The van der Waals surface area contributed by atoms with Crippen LogP contribution in [0.3, 0.4) is 0 Å². The smallest absolute Gasteiger partial charge is 0.314 e. The second kappa shape index (κ2) is 5.45. The van der Waals surface area contributed by atoms with Gasteiger partial charge in [0, 0.05) is 25.1 Å². The molecule has 0 aliphatic carbocycles. The van der Waals surface area contributed by atoms with Crippen molar-refractivity contribution >= 4 is 22.5 Å². The molecule has 1 fully saturated rings. The maximum atomic E-state index is 11.1. The van der Waals surface area contributed by atoms with Crippen molar-refractivity contribution in [3.05, 3.63) is 41.2 Å². The summed E-state index contributed by atoms with van der Waals surface area (Å²) in [5, 5.41) is 11.1. The molecule has 0 N–H and O–H groups in total. The summed E-state index contributed by atoms with van der Waals surface area (Å²) < 4.78 is 16.0. The number of nitro groups is 1. The lowest BCUT2D eigenvalue weighted by atomic mass is 9.95. The van der Waals surface area contributed by atoms with E-state index in [-0.39, 0.29) is 17.6 Å². The number of benzene rings is 1. The molecule has 8 nitrogen and oxygen atoms in total. The van der Waals surface area contributed by atoms with Gasteiger partial charge in [-0.2, -0.15) is 0 Å². The topological polar surface area (TPSA) is 90.9 Å². The van der Waals surface area contributed by atoms with Crippen LogP contribution in [0, 0.1) is 16.0 Å². The molecule has 1 aromatic heterocycles. The molecule has 8 heteroatoms. The molecule has 0 amide bonds. The third-order valence-corrected chi connectivity index (χ3v) is 4.38. The normalized spacial score (nSPS) is 19.0. The van der Waals surface area contributed by atoms with Crippen molar-refractivity contribution in [3.63, 3.8) is 0 Å². The van der Waals surface area contributed by atoms with E-state index in [2.05, 4.69) is 9.88 Å². The zero-order valence-corrected chi connectivity index (χ0v) is 12.3. The quantitative estimate of drug-likeness (QED) is 0.635. The Hall–Kier alpha value is -2.77. The average Bonchev–Trinajstić information content (AvgIpc) is 3.25. The maximum absolute atomic E-state index is 11.1. The molecule has 0 spiro atoms. The van der Waals surface area contributed by atoms with Crippen LogP contribution in [0.1, 0.15) is 12.8 Å². The Morgan fingerprint density at radius 2 is 1.96 bits per heavy atom. The molecule has 0 bridgehead atoms. The fourth-order valence-electron chi connectivity index (χ4n) is 3.21. The number of non-ortho nitro benzene ring substituents is 1. The number of nitro benzene ring substituents is 1. The van der Waals surface area contributed by atoms with E-state index in [1.165, 1.54) is 12.5 Å². The van der Waals surface area contributed by atoms with Crippen molar-refractivity contribution < 1.29 is 18.8 Å². The zero-order valence-electron chi connectivity index (χ0n) is 12.3. The third kappa shape index (κ3) is 2.36. The summed E-state index contributed by atoms with van der Waals surface area (Å²) in [5.74, 6) is 0.340. The van der Waals surface area contributed by atoms with Gasteiger partial charge >= 0.3 is 5.69 Å². The van der Waals surface area contributed by atoms with Crippen molar-refractivity contribution in [3.8, 4) is 0 Å². The van der Waals surface area contributed by atoms with Crippen LogP contribution in [0.25, 0.3) is 11.1 Å². The van der Waals surface area contributed by atoms with Gasteiger partial charge in [-0.1, -0.05) is 0 Å². The number of hydrogen-bond donors (Lipinski definition) is 0. The highest BCUT2D eigenvalue weighted by Gasteiger charge is 2.31. The van der Waals surface area contributed by atoms with Gasteiger partial charge in [0.05, 0.1) is 10.6 Å². The van der Waals surface area contributed by atoms with E-state index in [4.69, 9.17) is 13.9 Å². The Balaban J connectivity index is 1.55. The summed E-state index contributed by atoms with van der Waals surface area (Å²) in [6, 6.07) is 3.22. The summed E-state index contributed by atoms with van der Waals surface area (Å²) in [4.78, 5) is 16.9. The van der Waals surface area contributed by atoms with Crippen LogP contribution >= 0.6 is 0 Å². The first-order valence-corrected chi connectivity index (χ1v) is 7.45. The van der Waals surface area contributed by atoms with Crippen LogP contribution in [0.5, 0.6) is 0 Å². The van der Waals surface area contributed by atoms with Gasteiger partial charge in [-0.15, -0.1) is 0 Å². The Morgan fingerprint density at radius 3 is 2.65 bits per heavy atom. The number of piperidine rings is 1. The lowest BCUT2D eigenvalue weighted by Gasteiger charge is -2.34. The maximum Gasteiger partial charge on any atom is 0.314 e. The minimum absolute atomic E-state index is 0.0602. The standard InChI is InChI=1S/C15H15N3O5/c19-18(20)12-2-1-11(13-14(12)23-9-16-13)17-5-3-10(4-6-17)15-21-7-8-22-15/h1-2,7-10,15H,3-6H2. The molecule has 0 unspecified atom stereocenters. The molecule has 4 rings (SSSR count). The van der Waals surface area contributed by atoms with Gasteiger partial charge in [-0.3, -0.25) is 10.1 Å². The van der Waals surface area contributed by atoms with Crippen LogP contribution in [-0.2, 0) is 9.47 Å². The molecule has 0 saturated carbocycles. The van der Waals surface area contributed by atoms with Gasteiger partial charge in [-0.25, -0.2) is 4.98 Å². The number of oxazole rings is 1. The highest BCUT2D eigenvalue weighted by Crippen LogP contribution is 2.35. The molecule has 1 saturated heterocycles. The van der Waals surface area contributed by atoms with Gasteiger partial charge in [0.15, 0.2) is 6.39 Å². The van der Waals surface area contributed by atoms with Crippen molar-refractivity contribution in [1.29, 1.82) is 0 Å². The van der Waals surface area contributed by atoms with Crippen LogP contribution in [-0.4, -0.2) is 29.3 Å². The van der Waals surface area contributed by atoms with Crippen molar-refractivity contribution in [2.75, 3.05) is 18.0 Å². The van der Waals surface area contributed by atoms with E-state index in [0.717, 1.165) is 31.6 Å². The van der Waals surface area contributed by atoms with Gasteiger partial charge in [-0.05, 0) is 18.9 Å². The predicted octanol–water partition coefficient (Wildman–Crippen LogP) is 2.80. The first-order valence-electron chi connectivity index (χ1n) is 7.45. The molecule has 0 radical (unpaired) electrons. The molecule has 2 aliphatic rings. The molecule has 23 heavy (non-hydrogen) atoms. The Morgan fingerprint density at radius 1 is 1.22 bits per heavy atom. The van der Waals surface area contributed by atoms with E-state index in [1.807, 2.05) is 0 Å².